The molecule has 2 rings (SSSR count). The fraction of sp³-hybridized carbons (Fsp3) is 0.143. The van der Waals surface area contributed by atoms with Gasteiger partial charge < -0.3 is 10.2 Å². The Balaban J connectivity index is 2.25. The summed E-state index contributed by atoms with van der Waals surface area (Å²) in [6, 6.07) is 10.9. The van der Waals surface area contributed by atoms with Crippen LogP contribution >= 0.6 is 0 Å². The van der Waals surface area contributed by atoms with Gasteiger partial charge in [-0.25, -0.2) is 8.78 Å². The number of hydrogen-bond acceptors (Lipinski definition) is 2. The van der Waals surface area contributed by atoms with Gasteiger partial charge in [-0.1, -0.05) is 6.07 Å². The van der Waals surface area contributed by atoms with Gasteiger partial charge in [0.1, 0.15) is 11.6 Å². The van der Waals surface area contributed by atoms with E-state index in [0.29, 0.717) is 5.69 Å². The van der Waals surface area contributed by atoms with Crippen molar-refractivity contribution in [1.29, 1.82) is 0 Å². The Morgan fingerprint density at radius 2 is 1.56 bits per heavy atom. The van der Waals surface area contributed by atoms with Crippen LogP contribution in [0.3, 0.4) is 0 Å². The number of anilines is 3. The Bertz CT molecular complexity index is 533. The normalized spacial score (nSPS) is 10.2. The summed E-state index contributed by atoms with van der Waals surface area (Å²) in [7, 11) is 3.86. The van der Waals surface area contributed by atoms with E-state index in [4.69, 9.17) is 0 Å². The lowest BCUT2D eigenvalue weighted by molar-refractivity contribution is 0.584. The van der Waals surface area contributed by atoms with Crippen molar-refractivity contribution in [2.75, 3.05) is 24.3 Å². The number of benzene rings is 2. The van der Waals surface area contributed by atoms with Gasteiger partial charge in [-0.2, -0.15) is 0 Å². The minimum atomic E-state index is -0.596. The Morgan fingerprint density at radius 3 is 2.17 bits per heavy atom. The van der Waals surface area contributed by atoms with Gasteiger partial charge in [0.15, 0.2) is 0 Å². The maximum Gasteiger partial charge on any atom is 0.128 e. The molecule has 18 heavy (non-hydrogen) atoms. The highest BCUT2D eigenvalue weighted by atomic mass is 19.1. The van der Waals surface area contributed by atoms with Crippen molar-refractivity contribution in [2.45, 2.75) is 0 Å². The van der Waals surface area contributed by atoms with Crippen molar-refractivity contribution in [3.63, 3.8) is 0 Å². The van der Waals surface area contributed by atoms with E-state index in [0.717, 1.165) is 17.4 Å². The molecule has 0 spiro atoms. The van der Waals surface area contributed by atoms with E-state index in [1.165, 1.54) is 12.1 Å². The molecule has 1 N–H and O–H groups in total. The number of nitrogens with zero attached hydrogens (tertiary/aromatic N) is 1. The minimum Gasteiger partial charge on any atom is -0.378 e. The molecule has 0 saturated carbocycles. The first-order valence-electron chi connectivity index (χ1n) is 5.55. The summed E-state index contributed by atoms with van der Waals surface area (Å²) in [4.78, 5) is 1.96. The molecule has 0 aliphatic rings. The zero-order valence-electron chi connectivity index (χ0n) is 10.2. The van der Waals surface area contributed by atoms with Gasteiger partial charge in [-0.15, -0.1) is 0 Å². The van der Waals surface area contributed by atoms with Crippen LogP contribution in [0, 0.1) is 11.6 Å². The van der Waals surface area contributed by atoms with Crippen LogP contribution in [0.25, 0.3) is 0 Å². The van der Waals surface area contributed by atoms with Gasteiger partial charge in [0.05, 0.1) is 0 Å². The van der Waals surface area contributed by atoms with Gasteiger partial charge >= 0.3 is 0 Å². The minimum absolute atomic E-state index is 0.392. The zero-order valence-corrected chi connectivity index (χ0v) is 10.2. The highest BCUT2D eigenvalue weighted by molar-refractivity contribution is 5.64. The molecule has 0 atom stereocenters. The Kier molecular flexibility index (Phi) is 3.46. The van der Waals surface area contributed by atoms with Crippen molar-refractivity contribution in [1.82, 2.24) is 0 Å². The highest BCUT2D eigenvalue weighted by Gasteiger charge is 2.02. The van der Waals surface area contributed by atoms with E-state index >= 15 is 0 Å². The first kappa shape index (κ1) is 12.4. The highest BCUT2D eigenvalue weighted by Crippen LogP contribution is 2.22. The lowest BCUT2D eigenvalue weighted by atomic mass is 10.2. The molecule has 0 aliphatic heterocycles. The van der Waals surface area contributed by atoms with Crippen molar-refractivity contribution in [3.8, 4) is 0 Å². The summed E-state index contributed by atoms with van der Waals surface area (Å²) in [5, 5.41) is 2.97. The van der Waals surface area contributed by atoms with Crippen LogP contribution in [0.2, 0.25) is 0 Å². The molecule has 0 saturated heterocycles. The number of halogens is 2. The van der Waals surface area contributed by atoms with Crippen LogP contribution in [0.15, 0.2) is 42.5 Å². The maximum absolute atomic E-state index is 13.1. The molecule has 0 heterocycles. The number of nitrogens with one attached hydrogen (secondary N) is 1. The van der Waals surface area contributed by atoms with Gasteiger partial charge in [0, 0.05) is 37.2 Å². The van der Waals surface area contributed by atoms with Crippen molar-refractivity contribution in [2.24, 2.45) is 0 Å². The predicted octanol–water partition coefficient (Wildman–Crippen LogP) is 3.77. The molecule has 0 aromatic heterocycles. The Hall–Kier alpha value is -2.10. The topological polar surface area (TPSA) is 15.3 Å². The molecule has 0 radical (unpaired) electrons. The molecule has 4 heteroatoms. The molecule has 0 bridgehead atoms. The molecule has 0 fully saturated rings. The molecule has 94 valence electrons. The fourth-order valence-corrected chi connectivity index (χ4v) is 1.65. The van der Waals surface area contributed by atoms with Crippen molar-refractivity contribution >= 4 is 17.1 Å². The third-order valence-corrected chi connectivity index (χ3v) is 2.51. The summed E-state index contributed by atoms with van der Waals surface area (Å²) < 4.78 is 26.1. The van der Waals surface area contributed by atoms with Gasteiger partial charge in [0.2, 0.25) is 0 Å². The van der Waals surface area contributed by atoms with Gasteiger partial charge in [-0.3, -0.25) is 0 Å². The van der Waals surface area contributed by atoms with E-state index < -0.39 is 11.6 Å². The Morgan fingerprint density at radius 1 is 0.889 bits per heavy atom. The number of hydrogen-bond donors (Lipinski definition) is 1. The number of rotatable bonds is 3. The van der Waals surface area contributed by atoms with E-state index in [9.17, 15) is 8.78 Å². The van der Waals surface area contributed by atoms with Crippen LogP contribution in [0.5, 0.6) is 0 Å². The first-order valence-corrected chi connectivity index (χ1v) is 5.55. The average Bonchev–Trinajstić information content (AvgIpc) is 2.27. The van der Waals surface area contributed by atoms with Crippen LogP contribution in [-0.2, 0) is 0 Å². The van der Waals surface area contributed by atoms with Crippen LogP contribution in [0.1, 0.15) is 0 Å². The molecule has 0 amide bonds. The Labute approximate surface area is 105 Å². The second-order valence-electron chi connectivity index (χ2n) is 4.23. The third kappa shape index (κ3) is 2.97. The SMILES string of the molecule is CN(C)c1cccc(Nc2cc(F)cc(F)c2)c1. The molecule has 2 aromatic carbocycles. The average molecular weight is 248 g/mol. The molecular formula is C14H14F2N2. The summed E-state index contributed by atoms with van der Waals surface area (Å²) >= 11 is 0. The monoisotopic (exact) mass is 248 g/mol. The summed E-state index contributed by atoms with van der Waals surface area (Å²) in [5.74, 6) is -1.19. The molecule has 0 aliphatic carbocycles. The van der Waals surface area contributed by atoms with Crippen LogP contribution in [-0.4, -0.2) is 14.1 Å². The fourth-order valence-electron chi connectivity index (χ4n) is 1.65. The van der Waals surface area contributed by atoms with Crippen LogP contribution in [0.4, 0.5) is 25.8 Å². The van der Waals surface area contributed by atoms with Crippen molar-refractivity contribution < 1.29 is 8.78 Å². The van der Waals surface area contributed by atoms with Gasteiger partial charge in [0.25, 0.3) is 0 Å². The van der Waals surface area contributed by atoms with E-state index in [-0.39, 0.29) is 0 Å². The smallest absolute Gasteiger partial charge is 0.128 e. The molecular weight excluding hydrogens is 234 g/mol. The summed E-state index contributed by atoms with van der Waals surface area (Å²) in [5.41, 5.74) is 2.19. The van der Waals surface area contributed by atoms with Crippen LogP contribution < -0.4 is 10.2 Å². The largest absolute Gasteiger partial charge is 0.378 e. The summed E-state index contributed by atoms with van der Waals surface area (Å²) in [6.07, 6.45) is 0. The van der Waals surface area contributed by atoms with E-state index in [1.807, 2.05) is 43.3 Å². The zero-order chi connectivity index (χ0) is 13.1. The second-order valence-corrected chi connectivity index (χ2v) is 4.23. The lowest BCUT2D eigenvalue weighted by Crippen LogP contribution is -2.08. The predicted molar refractivity (Wildman–Crippen MR) is 70.4 cm³/mol. The van der Waals surface area contributed by atoms with Gasteiger partial charge in [-0.05, 0) is 30.3 Å². The quantitative estimate of drug-likeness (QED) is 0.889. The van der Waals surface area contributed by atoms with E-state index in [1.54, 1.807) is 0 Å². The standard InChI is InChI=1S/C14H14F2N2/c1-18(2)14-5-3-4-12(9-14)17-13-7-10(15)6-11(16)8-13/h3-9,17H,1-2H3. The molecule has 2 aromatic rings. The maximum atomic E-state index is 13.1. The first-order chi connectivity index (χ1) is 8.54. The lowest BCUT2D eigenvalue weighted by Gasteiger charge is -2.14. The molecule has 2 nitrogen and oxygen atoms in total. The molecule has 0 unspecified atom stereocenters. The van der Waals surface area contributed by atoms with E-state index in [2.05, 4.69) is 5.32 Å². The second kappa shape index (κ2) is 5.04. The van der Waals surface area contributed by atoms with Crippen molar-refractivity contribution in [3.05, 3.63) is 54.1 Å². The third-order valence-electron chi connectivity index (χ3n) is 2.51. The summed E-state index contributed by atoms with van der Waals surface area (Å²) in [6.45, 7) is 0.